The first kappa shape index (κ1) is 25.4. The van der Waals surface area contributed by atoms with Crippen LogP contribution in [0.5, 0.6) is 0 Å². The summed E-state index contributed by atoms with van der Waals surface area (Å²) < 4.78 is 29.4. The molecule has 0 atom stereocenters. The Bertz CT molecular complexity index is 361. The molecular weight excluding hydrogens is 329 g/mol. The summed E-state index contributed by atoms with van der Waals surface area (Å²) >= 11 is 0. The van der Waals surface area contributed by atoms with Crippen molar-refractivity contribution in [3.63, 3.8) is 0 Å². The summed E-state index contributed by atoms with van der Waals surface area (Å²) in [5, 5.41) is 2.73. The van der Waals surface area contributed by atoms with Gasteiger partial charge in [0.25, 0.3) is 10.1 Å². The molecule has 5 nitrogen and oxygen atoms in total. The minimum atomic E-state index is -3.93. The van der Waals surface area contributed by atoms with E-state index in [1.807, 2.05) is 0 Å². The molecule has 2 N–H and O–H groups in total. The number of nitrogens with one attached hydrogen (secondary N) is 1. The van der Waals surface area contributed by atoms with Gasteiger partial charge in [0.05, 0.1) is 12.3 Å². The van der Waals surface area contributed by atoms with E-state index >= 15 is 0 Å². The molecular formula is C15H31KNO4S. The number of ketones is 1. The monoisotopic (exact) mass is 360 g/mol. The van der Waals surface area contributed by atoms with Gasteiger partial charge in [-0.05, 0) is 6.42 Å². The van der Waals surface area contributed by atoms with Gasteiger partial charge < -0.3 is 5.32 Å². The van der Waals surface area contributed by atoms with Gasteiger partial charge in [-0.1, -0.05) is 58.3 Å². The zero-order valence-electron chi connectivity index (χ0n) is 14.3. The van der Waals surface area contributed by atoms with Crippen LogP contribution in [0.1, 0.15) is 71.1 Å². The van der Waals surface area contributed by atoms with Gasteiger partial charge in [-0.25, -0.2) is 0 Å². The number of carbonyl (C=O) groups is 1. The van der Waals surface area contributed by atoms with E-state index < -0.39 is 10.1 Å². The summed E-state index contributed by atoms with van der Waals surface area (Å²) in [5.41, 5.74) is 0. The summed E-state index contributed by atoms with van der Waals surface area (Å²) in [6.45, 7) is 2.52. The number of rotatable bonds is 15. The van der Waals surface area contributed by atoms with Crippen LogP contribution >= 0.6 is 0 Å². The molecule has 0 saturated heterocycles. The van der Waals surface area contributed by atoms with Crippen molar-refractivity contribution in [2.24, 2.45) is 0 Å². The molecule has 0 fully saturated rings. The third-order valence-corrected chi connectivity index (χ3v) is 4.14. The minimum absolute atomic E-state index is 0. The molecule has 0 aliphatic rings. The zero-order chi connectivity index (χ0) is 16.0. The number of unbranched alkanes of at least 4 members (excludes halogenated alkanes) is 8. The van der Waals surface area contributed by atoms with Gasteiger partial charge in [0.2, 0.25) is 0 Å². The van der Waals surface area contributed by atoms with E-state index in [2.05, 4.69) is 12.2 Å². The molecule has 0 spiro atoms. The third-order valence-electron chi connectivity index (χ3n) is 3.42. The third kappa shape index (κ3) is 21.2. The predicted molar refractivity (Wildman–Crippen MR) is 91.9 cm³/mol. The van der Waals surface area contributed by atoms with Gasteiger partial charge >= 0.3 is 0 Å². The zero-order valence-corrected chi connectivity index (χ0v) is 18.2. The predicted octanol–water partition coefficient (Wildman–Crippen LogP) is 2.57. The smallest absolute Gasteiger partial charge is 0.266 e. The van der Waals surface area contributed by atoms with Crippen molar-refractivity contribution in [2.75, 3.05) is 18.8 Å². The quantitative estimate of drug-likeness (QED) is 0.266. The van der Waals surface area contributed by atoms with Crippen molar-refractivity contribution in [2.45, 2.75) is 71.1 Å². The molecule has 1 radical (unpaired) electrons. The van der Waals surface area contributed by atoms with Crippen LogP contribution in [-0.4, -0.2) is 89.0 Å². The van der Waals surface area contributed by atoms with Crippen LogP contribution in [0, 0.1) is 0 Å². The number of Topliss-reactive ketones (excluding diaryl/α,β-unsaturated/α-hetero) is 1. The van der Waals surface area contributed by atoms with E-state index in [4.69, 9.17) is 4.55 Å². The molecule has 0 amide bonds. The van der Waals surface area contributed by atoms with E-state index in [0.29, 0.717) is 6.42 Å². The second-order valence-corrected chi connectivity index (χ2v) is 7.15. The number of hydrogen-bond donors (Lipinski definition) is 2. The van der Waals surface area contributed by atoms with Gasteiger partial charge in [0.15, 0.2) is 0 Å². The fraction of sp³-hybridized carbons (Fsp3) is 0.933. The molecule has 127 valence electrons. The van der Waals surface area contributed by atoms with Crippen molar-refractivity contribution < 1.29 is 17.8 Å². The summed E-state index contributed by atoms with van der Waals surface area (Å²) in [5.74, 6) is -0.244. The maximum atomic E-state index is 11.5. The molecule has 0 rings (SSSR count). The van der Waals surface area contributed by atoms with Crippen LogP contribution in [0.15, 0.2) is 0 Å². The number of carbonyl (C=O) groups excluding carboxylic acids is 1. The van der Waals surface area contributed by atoms with Crippen molar-refractivity contribution in [3.8, 4) is 0 Å². The summed E-state index contributed by atoms with van der Waals surface area (Å²) in [4.78, 5) is 11.5. The van der Waals surface area contributed by atoms with Gasteiger partial charge in [-0.2, -0.15) is 8.42 Å². The van der Waals surface area contributed by atoms with Gasteiger partial charge in [0.1, 0.15) is 5.78 Å². The fourth-order valence-electron chi connectivity index (χ4n) is 2.15. The van der Waals surface area contributed by atoms with Gasteiger partial charge in [-0.15, -0.1) is 0 Å². The largest absolute Gasteiger partial charge is 0.309 e. The van der Waals surface area contributed by atoms with Crippen LogP contribution < -0.4 is 5.32 Å². The van der Waals surface area contributed by atoms with Crippen molar-refractivity contribution in [3.05, 3.63) is 0 Å². The second kappa shape index (κ2) is 17.0. The summed E-state index contributed by atoms with van der Waals surface area (Å²) in [6, 6.07) is 0. The van der Waals surface area contributed by atoms with Crippen LogP contribution in [0.2, 0.25) is 0 Å². The van der Waals surface area contributed by atoms with Crippen LogP contribution in [0.4, 0.5) is 0 Å². The Labute approximate surface area is 178 Å². The molecule has 0 aromatic carbocycles. The van der Waals surface area contributed by atoms with Gasteiger partial charge in [-0.3, -0.25) is 9.35 Å². The Kier molecular flexibility index (Phi) is 19.7. The molecule has 0 aliphatic heterocycles. The standard InChI is InChI=1S/C15H31NO4S.K/c1-2-3-4-5-6-7-8-9-10-11-15(17)14-16-12-13-21(18,19)20;/h16H,2-14H2,1H3,(H,18,19,20);. The first-order chi connectivity index (χ1) is 9.95. The van der Waals surface area contributed by atoms with Crippen molar-refractivity contribution in [1.82, 2.24) is 5.32 Å². The maximum absolute atomic E-state index is 11.5. The van der Waals surface area contributed by atoms with Crippen molar-refractivity contribution >= 4 is 67.3 Å². The SMILES string of the molecule is CCCCCCCCCCCC(=O)CNCCS(=O)(=O)O.[K]. The minimum Gasteiger partial charge on any atom is -0.309 e. The first-order valence-electron chi connectivity index (χ1n) is 8.13. The molecule has 22 heavy (non-hydrogen) atoms. The normalized spacial score (nSPS) is 11.2. The molecule has 0 saturated carbocycles. The summed E-state index contributed by atoms with van der Waals surface area (Å²) in [7, 11) is -3.93. The van der Waals surface area contributed by atoms with Crippen LogP contribution in [0.25, 0.3) is 0 Å². The molecule has 0 aromatic heterocycles. The fourth-order valence-corrected chi connectivity index (χ4v) is 2.55. The molecule has 0 bridgehead atoms. The van der Waals surface area contributed by atoms with E-state index in [0.717, 1.165) is 12.8 Å². The molecule has 0 heterocycles. The van der Waals surface area contributed by atoms with E-state index in [1.54, 1.807) is 0 Å². The van der Waals surface area contributed by atoms with Gasteiger partial charge in [0, 0.05) is 64.4 Å². The average molecular weight is 361 g/mol. The Balaban J connectivity index is 0. The Morgan fingerprint density at radius 2 is 1.45 bits per heavy atom. The maximum Gasteiger partial charge on any atom is 0.266 e. The van der Waals surface area contributed by atoms with E-state index in [9.17, 15) is 13.2 Å². The first-order valence-corrected chi connectivity index (χ1v) is 9.74. The summed E-state index contributed by atoms with van der Waals surface area (Å²) in [6.07, 6.45) is 11.6. The molecule has 0 unspecified atom stereocenters. The molecule has 0 aromatic rings. The Morgan fingerprint density at radius 3 is 1.95 bits per heavy atom. The molecule has 0 aliphatic carbocycles. The van der Waals surface area contributed by atoms with E-state index in [1.165, 1.54) is 44.9 Å². The van der Waals surface area contributed by atoms with E-state index in [-0.39, 0.29) is 76.0 Å². The van der Waals surface area contributed by atoms with Crippen molar-refractivity contribution in [1.29, 1.82) is 0 Å². The van der Waals surface area contributed by atoms with Crippen LogP contribution in [0.3, 0.4) is 0 Å². The second-order valence-electron chi connectivity index (χ2n) is 5.58. The molecule has 7 heteroatoms. The Morgan fingerprint density at radius 1 is 0.955 bits per heavy atom. The van der Waals surface area contributed by atoms with Crippen LogP contribution in [-0.2, 0) is 14.9 Å². The average Bonchev–Trinajstić information content (AvgIpc) is 2.41. The topological polar surface area (TPSA) is 83.5 Å². The number of hydrogen-bond acceptors (Lipinski definition) is 4. The Hall–Kier alpha value is 1.18.